The Morgan fingerprint density at radius 2 is 2.00 bits per heavy atom. The first-order chi connectivity index (χ1) is 11.6. The van der Waals surface area contributed by atoms with Crippen LogP contribution >= 0.6 is 0 Å². The van der Waals surface area contributed by atoms with Crippen LogP contribution in [0.2, 0.25) is 0 Å². The molecule has 0 spiro atoms. The molecule has 128 valence electrons. The van der Waals surface area contributed by atoms with Crippen molar-refractivity contribution >= 4 is 5.91 Å². The Bertz CT molecular complexity index is 674. The summed E-state index contributed by atoms with van der Waals surface area (Å²) in [5, 5.41) is 14.5. The van der Waals surface area contributed by atoms with Gasteiger partial charge in [0.1, 0.15) is 0 Å². The number of hydrogen-bond donors (Lipinski definition) is 2. The summed E-state index contributed by atoms with van der Waals surface area (Å²) in [7, 11) is 0. The van der Waals surface area contributed by atoms with Crippen molar-refractivity contribution in [3.63, 3.8) is 0 Å². The number of rotatable bonds is 5. The van der Waals surface area contributed by atoms with Gasteiger partial charge in [-0.1, -0.05) is 49.4 Å². The van der Waals surface area contributed by atoms with Crippen molar-refractivity contribution in [2.24, 2.45) is 0 Å². The van der Waals surface area contributed by atoms with Gasteiger partial charge in [-0.25, -0.2) is 4.68 Å². The van der Waals surface area contributed by atoms with E-state index in [0.29, 0.717) is 18.3 Å². The molecule has 1 fully saturated rings. The van der Waals surface area contributed by atoms with Crippen LogP contribution in [0, 0.1) is 0 Å². The average Bonchev–Trinajstić information content (AvgIpc) is 3.11. The van der Waals surface area contributed by atoms with Crippen LogP contribution in [0.5, 0.6) is 0 Å². The van der Waals surface area contributed by atoms with Crippen LogP contribution in [0.1, 0.15) is 48.8 Å². The average molecular weight is 327 g/mol. The van der Waals surface area contributed by atoms with Gasteiger partial charge in [0, 0.05) is 12.0 Å². The summed E-state index contributed by atoms with van der Waals surface area (Å²) in [6, 6.07) is 10.5. The molecular weight excluding hydrogens is 302 g/mol. The molecule has 1 aliphatic heterocycles. The zero-order valence-electron chi connectivity index (χ0n) is 14.3. The van der Waals surface area contributed by atoms with Gasteiger partial charge in [0.05, 0.1) is 12.2 Å². The fourth-order valence-corrected chi connectivity index (χ4v) is 3.01. The van der Waals surface area contributed by atoms with E-state index in [-0.39, 0.29) is 11.3 Å². The van der Waals surface area contributed by atoms with E-state index in [9.17, 15) is 4.79 Å². The first-order valence-corrected chi connectivity index (χ1v) is 8.52. The maximum atomic E-state index is 12.4. The number of amides is 1. The second-order valence-corrected chi connectivity index (χ2v) is 7.00. The van der Waals surface area contributed by atoms with Gasteiger partial charge in [0.15, 0.2) is 5.69 Å². The van der Waals surface area contributed by atoms with E-state index >= 15 is 0 Å². The summed E-state index contributed by atoms with van der Waals surface area (Å²) in [6.45, 7) is 6.76. The Kier molecular flexibility index (Phi) is 4.94. The van der Waals surface area contributed by atoms with Crippen molar-refractivity contribution in [1.29, 1.82) is 0 Å². The van der Waals surface area contributed by atoms with Crippen LogP contribution in [0.4, 0.5) is 0 Å². The van der Waals surface area contributed by atoms with Crippen LogP contribution in [0.25, 0.3) is 0 Å². The van der Waals surface area contributed by atoms with E-state index in [2.05, 4.69) is 46.9 Å². The zero-order valence-corrected chi connectivity index (χ0v) is 14.3. The highest BCUT2D eigenvalue weighted by Crippen LogP contribution is 2.22. The van der Waals surface area contributed by atoms with Crippen LogP contribution < -0.4 is 10.6 Å². The second-order valence-electron chi connectivity index (χ2n) is 7.00. The Morgan fingerprint density at radius 1 is 1.29 bits per heavy atom. The first-order valence-electron chi connectivity index (χ1n) is 8.52. The molecule has 0 unspecified atom stereocenters. The van der Waals surface area contributed by atoms with Gasteiger partial charge in [0.2, 0.25) is 0 Å². The van der Waals surface area contributed by atoms with E-state index in [1.165, 1.54) is 5.56 Å². The van der Waals surface area contributed by atoms with Crippen LogP contribution in [-0.4, -0.2) is 40.5 Å². The monoisotopic (exact) mass is 327 g/mol. The number of benzene rings is 1. The van der Waals surface area contributed by atoms with E-state index in [4.69, 9.17) is 0 Å². The maximum absolute atomic E-state index is 12.4. The SMILES string of the molecule is CC(C)(CNC(=O)c1cn(C2CCNCC2)nn1)c1ccccc1. The van der Waals surface area contributed by atoms with Crippen molar-refractivity contribution in [2.45, 2.75) is 38.1 Å². The quantitative estimate of drug-likeness (QED) is 0.880. The summed E-state index contributed by atoms with van der Waals surface area (Å²) in [4.78, 5) is 12.4. The minimum absolute atomic E-state index is 0.137. The number of piperidine rings is 1. The Labute approximate surface area is 142 Å². The molecule has 6 nitrogen and oxygen atoms in total. The van der Waals surface area contributed by atoms with Gasteiger partial charge in [-0.2, -0.15) is 0 Å². The molecule has 0 saturated carbocycles. The maximum Gasteiger partial charge on any atom is 0.273 e. The molecule has 0 bridgehead atoms. The molecule has 24 heavy (non-hydrogen) atoms. The number of nitrogens with one attached hydrogen (secondary N) is 2. The largest absolute Gasteiger partial charge is 0.350 e. The summed E-state index contributed by atoms with van der Waals surface area (Å²) in [6.07, 6.45) is 3.80. The van der Waals surface area contributed by atoms with Crippen molar-refractivity contribution < 1.29 is 4.79 Å². The highest BCUT2D eigenvalue weighted by atomic mass is 16.2. The molecule has 1 aliphatic rings. The third-order valence-electron chi connectivity index (χ3n) is 4.67. The predicted molar refractivity (Wildman–Crippen MR) is 93.0 cm³/mol. The Morgan fingerprint density at radius 3 is 2.71 bits per heavy atom. The van der Waals surface area contributed by atoms with Crippen molar-refractivity contribution in [3.05, 3.63) is 47.8 Å². The number of hydrogen-bond acceptors (Lipinski definition) is 4. The molecular formula is C18H25N5O. The number of aromatic nitrogens is 3. The summed E-state index contributed by atoms with van der Waals surface area (Å²) < 4.78 is 1.83. The van der Waals surface area contributed by atoms with Crippen molar-refractivity contribution in [1.82, 2.24) is 25.6 Å². The lowest BCUT2D eigenvalue weighted by atomic mass is 9.84. The molecule has 0 aliphatic carbocycles. The van der Waals surface area contributed by atoms with Gasteiger partial charge < -0.3 is 10.6 Å². The summed E-state index contributed by atoms with van der Waals surface area (Å²) in [5.41, 5.74) is 1.45. The van der Waals surface area contributed by atoms with Crippen LogP contribution in [0.3, 0.4) is 0 Å². The number of carbonyl (C=O) groups excluding carboxylic acids is 1. The second kappa shape index (κ2) is 7.13. The lowest BCUT2D eigenvalue weighted by molar-refractivity contribution is 0.0940. The first kappa shape index (κ1) is 16.6. The molecule has 0 atom stereocenters. The Hall–Kier alpha value is -2.21. The molecule has 1 aromatic carbocycles. The molecule has 0 radical (unpaired) electrons. The van der Waals surface area contributed by atoms with Gasteiger partial charge >= 0.3 is 0 Å². The normalized spacial score (nSPS) is 16.1. The fourth-order valence-electron chi connectivity index (χ4n) is 3.01. The smallest absolute Gasteiger partial charge is 0.273 e. The minimum atomic E-state index is -0.167. The molecule has 2 N–H and O–H groups in total. The highest BCUT2D eigenvalue weighted by molar-refractivity contribution is 5.91. The molecule has 6 heteroatoms. The number of carbonyl (C=O) groups is 1. The topological polar surface area (TPSA) is 71.8 Å². The minimum Gasteiger partial charge on any atom is -0.350 e. The van der Waals surface area contributed by atoms with Gasteiger partial charge in [-0.3, -0.25) is 4.79 Å². The van der Waals surface area contributed by atoms with Gasteiger partial charge in [-0.15, -0.1) is 5.10 Å². The van der Waals surface area contributed by atoms with Crippen LogP contribution in [-0.2, 0) is 5.41 Å². The van der Waals surface area contributed by atoms with E-state index in [1.54, 1.807) is 6.20 Å². The van der Waals surface area contributed by atoms with E-state index < -0.39 is 0 Å². The fraction of sp³-hybridized carbons (Fsp3) is 0.500. The standard InChI is InChI=1S/C18H25N5O/c1-18(2,14-6-4-3-5-7-14)13-20-17(24)16-12-23(22-21-16)15-8-10-19-11-9-15/h3-7,12,15,19H,8-11,13H2,1-2H3,(H,20,24). The predicted octanol–water partition coefficient (Wildman–Crippen LogP) is 1.91. The van der Waals surface area contributed by atoms with E-state index in [0.717, 1.165) is 25.9 Å². The van der Waals surface area contributed by atoms with E-state index in [1.807, 2.05) is 22.9 Å². The molecule has 2 heterocycles. The Balaban J connectivity index is 1.60. The zero-order chi connectivity index (χ0) is 17.0. The van der Waals surface area contributed by atoms with Crippen LogP contribution in [0.15, 0.2) is 36.5 Å². The molecule has 1 aromatic heterocycles. The highest BCUT2D eigenvalue weighted by Gasteiger charge is 2.23. The van der Waals surface area contributed by atoms with Gasteiger partial charge in [0.25, 0.3) is 5.91 Å². The molecule has 1 saturated heterocycles. The molecule has 2 aromatic rings. The lowest BCUT2D eigenvalue weighted by Crippen LogP contribution is -2.36. The molecule has 3 rings (SSSR count). The molecule has 1 amide bonds. The van der Waals surface area contributed by atoms with Crippen molar-refractivity contribution in [2.75, 3.05) is 19.6 Å². The van der Waals surface area contributed by atoms with Crippen molar-refractivity contribution in [3.8, 4) is 0 Å². The lowest BCUT2D eigenvalue weighted by Gasteiger charge is -2.25. The third-order valence-corrected chi connectivity index (χ3v) is 4.67. The summed E-state index contributed by atoms with van der Waals surface area (Å²) >= 11 is 0. The number of nitrogens with zero attached hydrogens (tertiary/aromatic N) is 3. The summed E-state index contributed by atoms with van der Waals surface area (Å²) in [5.74, 6) is -0.167. The third kappa shape index (κ3) is 3.82. The van der Waals surface area contributed by atoms with Gasteiger partial charge in [-0.05, 0) is 31.5 Å².